The van der Waals surface area contributed by atoms with Gasteiger partial charge in [-0.1, -0.05) is 93.2 Å². The van der Waals surface area contributed by atoms with Crippen LogP contribution in [0.25, 0.3) is 0 Å². The third-order valence-electron chi connectivity index (χ3n) is 8.01. The number of aliphatic hydroxyl groups is 1. The largest absolute Gasteiger partial charge is 0.490 e. The highest BCUT2D eigenvalue weighted by Crippen LogP contribution is 2.52. The number of amides is 2. The Bertz CT molecular complexity index is 1460. The van der Waals surface area contributed by atoms with Crippen LogP contribution in [0.2, 0.25) is 0 Å². The fourth-order valence-electron chi connectivity index (χ4n) is 5.47. The first kappa shape index (κ1) is 34.6. The SMILES string of the molecule is C=CCOc1cccc(C[C@H](NC(=O)OC(C)(C)C)[C@H](O)CN(C(=O)OCc2ccccc2)C2(c3cccc(C(C)C)c3)CC2)c1. The highest BCUT2D eigenvalue weighted by Gasteiger charge is 2.53. The zero-order valence-electron chi connectivity index (χ0n) is 27.7. The summed E-state index contributed by atoms with van der Waals surface area (Å²) in [5.41, 5.74) is 2.52. The standard InChI is InChI=1S/C38H48N2O6/c1-7-21-44-32-18-11-15-29(22-32)23-33(39-35(42)46-37(4,5)6)34(41)25-40(36(43)45-26-28-13-9-8-10-14-28)38(19-20-38)31-17-12-16-30(24-31)27(2)3/h7-18,22,24,27,33-34,41H,1,19-21,23,25-26H2,2-6H3,(H,39,42)/t33-,34+/m0/s1. The van der Waals surface area contributed by atoms with Crippen molar-refractivity contribution in [2.45, 2.75) is 89.7 Å². The fraction of sp³-hybridized carbons (Fsp3) is 0.421. The molecule has 1 aliphatic carbocycles. The average molecular weight is 629 g/mol. The number of carbonyl (C=O) groups is 2. The number of hydrogen-bond acceptors (Lipinski definition) is 6. The first-order valence-corrected chi connectivity index (χ1v) is 16.0. The van der Waals surface area contributed by atoms with E-state index in [0.717, 1.165) is 29.5 Å². The molecule has 0 radical (unpaired) electrons. The third kappa shape index (κ3) is 9.60. The molecule has 0 aromatic heterocycles. The first-order chi connectivity index (χ1) is 21.9. The maximum atomic E-state index is 13.9. The van der Waals surface area contributed by atoms with Gasteiger partial charge in [0.25, 0.3) is 0 Å². The molecule has 8 heteroatoms. The van der Waals surface area contributed by atoms with E-state index in [2.05, 4.69) is 37.9 Å². The summed E-state index contributed by atoms with van der Waals surface area (Å²) in [6.07, 6.45) is 1.07. The number of nitrogens with one attached hydrogen (secondary N) is 1. The summed E-state index contributed by atoms with van der Waals surface area (Å²) in [5, 5.41) is 14.7. The zero-order chi connectivity index (χ0) is 33.3. The zero-order valence-corrected chi connectivity index (χ0v) is 27.7. The molecule has 3 aromatic rings. The predicted molar refractivity (Wildman–Crippen MR) is 180 cm³/mol. The van der Waals surface area contributed by atoms with Gasteiger partial charge in [-0.15, -0.1) is 0 Å². The molecule has 2 amide bonds. The van der Waals surface area contributed by atoms with E-state index in [1.54, 1.807) is 31.7 Å². The molecule has 0 spiro atoms. The number of aliphatic hydroxyl groups excluding tert-OH is 1. The van der Waals surface area contributed by atoms with Gasteiger partial charge in [0.1, 0.15) is 24.6 Å². The van der Waals surface area contributed by atoms with Gasteiger partial charge in [-0.05, 0) is 80.3 Å². The highest BCUT2D eigenvalue weighted by atomic mass is 16.6. The number of alkyl carbamates (subject to hydrolysis) is 1. The number of ether oxygens (including phenoxy) is 3. The molecule has 4 rings (SSSR count). The second-order valence-corrected chi connectivity index (χ2v) is 13.2. The van der Waals surface area contributed by atoms with E-state index in [9.17, 15) is 14.7 Å². The van der Waals surface area contributed by atoms with Crippen molar-refractivity contribution in [1.82, 2.24) is 10.2 Å². The Labute approximate surface area is 273 Å². The Morgan fingerprint density at radius 2 is 1.70 bits per heavy atom. The van der Waals surface area contributed by atoms with Crippen molar-refractivity contribution < 1.29 is 28.9 Å². The number of nitrogens with zero attached hydrogens (tertiary/aromatic N) is 1. The molecule has 0 bridgehead atoms. The third-order valence-corrected chi connectivity index (χ3v) is 8.01. The van der Waals surface area contributed by atoms with E-state index in [1.807, 2.05) is 66.7 Å². The smallest absolute Gasteiger partial charge is 0.410 e. The normalized spacial score (nSPS) is 14.9. The quantitative estimate of drug-likeness (QED) is 0.180. The molecule has 1 saturated carbocycles. The summed E-state index contributed by atoms with van der Waals surface area (Å²) >= 11 is 0. The van der Waals surface area contributed by atoms with Gasteiger partial charge in [-0.2, -0.15) is 0 Å². The second kappa shape index (κ2) is 15.3. The van der Waals surface area contributed by atoms with Gasteiger partial charge in [0, 0.05) is 0 Å². The minimum Gasteiger partial charge on any atom is -0.490 e. The molecule has 0 unspecified atom stereocenters. The van der Waals surface area contributed by atoms with Gasteiger partial charge >= 0.3 is 12.2 Å². The van der Waals surface area contributed by atoms with Crippen LogP contribution in [0.1, 0.15) is 75.6 Å². The molecule has 2 N–H and O–H groups in total. The molecule has 1 fully saturated rings. The summed E-state index contributed by atoms with van der Waals surface area (Å²) in [4.78, 5) is 28.6. The van der Waals surface area contributed by atoms with E-state index < -0.39 is 35.5 Å². The maximum absolute atomic E-state index is 13.9. The van der Waals surface area contributed by atoms with Gasteiger partial charge in [-0.25, -0.2) is 9.59 Å². The van der Waals surface area contributed by atoms with Gasteiger partial charge in [0.15, 0.2) is 0 Å². The fourth-order valence-corrected chi connectivity index (χ4v) is 5.47. The molecule has 2 atom stereocenters. The molecular formula is C38H48N2O6. The van der Waals surface area contributed by atoms with E-state index >= 15 is 0 Å². The Morgan fingerprint density at radius 3 is 2.35 bits per heavy atom. The van der Waals surface area contributed by atoms with Gasteiger partial charge in [-0.3, -0.25) is 4.90 Å². The molecular weight excluding hydrogens is 580 g/mol. The van der Waals surface area contributed by atoms with Crippen molar-refractivity contribution in [2.24, 2.45) is 0 Å². The lowest BCUT2D eigenvalue weighted by atomic mass is 9.94. The predicted octanol–water partition coefficient (Wildman–Crippen LogP) is 7.50. The summed E-state index contributed by atoms with van der Waals surface area (Å²) in [6, 6.07) is 24.5. The first-order valence-electron chi connectivity index (χ1n) is 16.0. The van der Waals surface area contributed by atoms with Gasteiger partial charge < -0.3 is 24.6 Å². The van der Waals surface area contributed by atoms with Crippen molar-refractivity contribution >= 4 is 12.2 Å². The van der Waals surface area contributed by atoms with E-state index in [4.69, 9.17) is 14.2 Å². The summed E-state index contributed by atoms with van der Waals surface area (Å²) in [5.74, 6) is 0.962. The molecule has 0 aliphatic heterocycles. The lowest BCUT2D eigenvalue weighted by Gasteiger charge is -2.36. The van der Waals surface area contributed by atoms with Crippen molar-refractivity contribution in [1.29, 1.82) is 0 Å². The van der Waals surface area contributed by atoms with Gasteiger partial charge in [0.05, 0.1) is 24.2 Å². The van der Waals surface area contributed by atoms with Crippen molar-refractivity contribution in [3.63, 3.8) is 0 Å². The minimum absolute atomic E-state index is 0.0628. The maximum Gasteiger partial charge on any atom is 0.410 e. The van der Waals surface area contributed by atoms with Crippen molar-refractivity contribution in [3.8, 4) is 5.75 Å². The Hall–Kier alpha value is -4.30. The van der Waals surface area contributed by atoms with Crippen LogP contribution in [0.15, 0.2) is 91.5 Å². The molecule has 246 valence electrons. The molecule has 8 nitrogen and oxygen atoms in total. The summed E-state index contributed by atoms with van der Waals surface area (Å²) < 4.78 is 17.1. The average Bonchev–Trinajstić information content (AvgIpc) is 3.83. The Morgan fingerprint density at radius 1 is 1.00 bits per heavy atom. The van der Waals surface area contributed by atoms with E-state index in [1.165, 1.54) is 5.56 Å². The van der Waals surface area contributed by atoms with Crippen LogP contribution in [-0.4, -0.2) is 53.1 Å². The van der Waals surface area contributed by atoms with Crippen LogP contribution in [-0.2, 0) is 28.0 Å². The highest BCUT2D eigenvalue weighted by molar-refractivity contribution is 5.71. The Balaban J connectivity index is 1.64. The molecule has 1 aliphatic rings. The van der Waals surface area contributed by atoms with Crippen molar-refractivity contribution in [2.75, 3.05) is 13.2 Å². The minimum atomic E-state index is -1.15. The second-order valence-electron chi connectivity index (χ2n) is 13.2. The lowest BCUT2D eigenvalue weighted by molar-refractivity contribution is 0.0230. The molecule has 0 heterocycles. The lowest BCUT2D eigenvalue weighted by Crippen LogP contribution is -2.53. The molecule has 0 saturated heterocycles. The number of hydrogen-bond donors (Lipinski definition) is 2. The van der Waals surface area contributed by atoms with Crippen LogP contribution in [0.4, 0.5) is 9.59 Å². The van der Waals surface area contributed by atoms with E-state index in [0.29, 0.717) is 18.3 Å². The molecule has 46 heavy (non-hydrogen) atoms. The summed E-state index contributed by atoms with van der Waals surface area (Å²) in [6.45, 7) is 13.7. The van der Waals surface area contributed by atoms with Crippen LogP contribution in [0, 0.1) is 0 Å². The van der Waals surface area contributed by atoms with E-state index in [-0.39, 0.29) is 19.6 Å². The monoisotopic (exact) mass is 628 g/mol. The summed E-state index contributed by atoms with van der Waals surface area (Å²) in [7, 11) is 0. The number of carbonyl (C=O) groups excluding carboxylic acids is 2. The number of rotatable bonds is 14. The van der Waals surface area contributed by atoms with Crippen LogP contribution in [0.3, 0.4) is 0 Å². The topological polar surface area (TPSA) is 97.3 Å². The Kier molecular flexibility index (Phi) is 11.5. The van der Waals surface area contributed by atoms with Gasteiger partial charge in [0.2, 0.25) is 0 Å². The number of benzene rings is 3. The van der Waals surface area contributed by atoms with Crippen molar-refractivity contribution in [3.05, 3.63) is 114 Å². The van der Waals surface area contributed by atoms with Crippen LogP contribution in [0.5, 0.6) is 5.75 Å². The molecule has 3 aromatic carbocycles. The van der Waals surface area contributed by atoms with Crippen LogP contribution >= 0.6 is 0 Å². The van der Waals surface area contributed by atoms with Crippen LogP contribution < -0.4 is 10.1 Å².